The van der Waals surface area contributed by atoms with Crippen LogP contribution in [0.25, 0.3) is 6.08 Å². The normalized spacial score (nSPS) is 20.0. The van der Waals surface area contributed by atoms with E-state index in [9.17, 15) is 9.59 Å². The Morgan fingerprint density at radius 2 is 2.00 bits per heavy atom. The number of nitrogens with zero attached hydrogens (tertiary/aromatic N) is 1. The van der Waals surface area contributed by atoms with Crippen LogP contribution in [0.2, 0.25) is 0 Å². The van der Waals surface area contributed by atoms with Crippen molar-refractivity contribution >= 4 is 17.9 Å². The lowest BCUT2D eigenvalue weighted by atomic mass is 10.1. The van der Waals surface area contributed by atoms with Gasteiger partial charge >= 0.3 is 0 Å². The van der Waals surface area contributed by atoms with E-state index >= 15 is 0 Å². The average molecular weight is 342 g/mol. The van der Waals surface area contributed by atoms with E-state index in [0.717, 1.165) is 37.9 Å². The van der Waals surface area contributed by atoms with E-state index in [-0.39, 0.29) is 17.9 Å². The lowest BCUT2D eigenvalue weighted by Gasteiger charge is -2.22. The predicted molar refractivity (Wildman–Crippen MR) is 97.2 cm³/mol. The molecule has 2 aliphatic rings. The van der Waals surface area contributed by atoms with Crippen molar-refractivity contribution in [3.05, 3.63) is 41.5 Å². The van der Waals surface area contributed by atoms with Crippen LogP contribution in [0.5, 0.6) is 0 Å². The maximum absolute atomic E-state index is 12.4. The summed E-state index contributed by atoms with van der Waals surface area (Å²) >= 11 is 0. The molecule has 1 saturated heterocycles. The lowest BCUT2D eigenvalue weighted by Crippen LogP contribution is -2.36. The number of amides is 2. The Labute approximate surface area is 149 Å². The van der Waals surface area contributed by atoms with E-state index in [1.807, 2.05) is 24.0 Å². The third-order valence-corrected chi connectivity index (χ3v) is 4.65. The largest absolute Gasteiger partial charge is 0.376 e. The van der Waals surface area contributed by atoms with Crippen molar-refractivity contribution < 1.29 is 14.3 Å². The van der Waals surface area contributed by atoms with Crippen LogP contribution in [0.15, 0.2) is 30.3 Å². The summed E-state index contributed by atoms with van der Waals surface area (Å²) in [7, 11) is 0. The summed E-state index contributed by atoms with van der Waals surface area (Å²) in [6.07, 6.45) is 7.82. The molecular formula is C20H26N2O3. The Balaban J connectivity index is 1.54. The highest BCUT2D eigenvalue weighted by molar-refractivity contribution is 5.95. The molecule has 1 aliphatic heterocycles. The van der Waals surface area contributed by atoms with E-state index < -0.39 is 0 Å². The van der Waals surface area contributed by atoms with Gasteiger partial charge < -0.3 is 15.0 Å². The molecule has 0 unspecified atom stereocenters. The van der Waals surface area contributed by atoms with Gasteiger partial charge in [-0.15, -0.1) is 0 Å². The molecule has 1 atom stereocenters. The Bertz CT molecular complexity index is 629. The van der Waals surface area contributed by atoms with Crippen molar-refractivity contribution in [1.29, 1.82) is 0 Å². The zero-order valence-corrected chi connectivity index (χ0v) is 14.7. The van der Waals surface area contributed by atoms with Crippen LogP contribution in [0.3, 0.4) is 0 Å². The summed E-state index contributed by atoms with van der Waals surface area (Å²) in [6, 6.07) is 7.68. The number of carbonyl (C=O) groups is 2. The van der Waals surface area contributed by atoms with Crippen LogP contribution in [-0.2, 0) is 9.53 Å². The number of hydrogen-bond donors (Lipinski definition) is 1. The van der Waals surface area contributed by atoms with Gasteiger partial charge in [-0.3, -0.25) is 9.59 Å². The molecule has 3 rings (SSSR count). The maximum atomic E-state index is 12.4. The molecule has 5 heteroatoms. The Morgan fingerprint density at radius 3 is 2.60 bits per heavy atom. The van der Waals surface area contributed by atoms with Gasteiger partial charge in [-0.1, -0.05) is 12.1 Å². The third-order valence-electron chi connectivity index (χ3n) is 4.65. The lowest BCUT2D eigenvalue weighted by molar-refractivity contribution is -0.127. The van der Waals surface area contributed by atoms with Gasteiger partial charge in [0.25, 0.3) is 5.91 Å². The van der Waals surface area contributed by atoms with Crippen molar-refractivity contribution in [3.8, 4) is 0 Å². The molecule has 1 aliphatic carbocycles. The Morgan fingerprint density at radius 1 is 1.24 bits per heavy atom. The standard InChI is InChI=1S/C20H26N2O3/c1-2-22(14-18-4-3-13-25-18)19(23)12-7-15-5-8-16(9-6-15)20(24)21-17-10-11-17/h5-9,12,17-18H,2-4,10-11,13-14H2,1H3,(H,21,24)/b12-7+/t18-/m1/s1. The Kier molecular flexibility index (Phi) is 5.87. The molecule has 2 amide bonds. The minimum Gasteiger partial charge on any atom is -0.376 e. The first-order valence-electron chi connectivity index (χ1n) is 9.15. The van der Waals surface area contributed by atoms with Gasteiger partial charge in [-0.2, -0.15) is 0 Å². The van der Waals surface area contributed by atoms with Gasteiger partial charge in [0.15, 0.2) is 0 Å². The smallest absolute Gasteiger partial charge is 0.251 e. The van der Waals surface area contributed by atoms with E-state index in [1.54, 1.807) is 24.3 Å². The molecule has 0 spiro atoms. The fourth-order valence-electron chi connectivity index (χ4n) is 2.92. The van der Waals surface area contributed by atoms with E-state index in [4.69, 9.17) is 4.74 Å². The molecule has 0 bridgehead atoms. The van der Waals surface area contributed by atoms with Crippen molar-refractivity contribution in [2.75, 3.05) is 19.7 Å². The molecule has 1 heterocycles. The molecule has 1 N–H and O–H groups in total. The van der Waals surface area contributed by atoms with Crippen LogP contribution in [0, 0.1) is 0 Å². The van der Waals surface area contributed by atoms with Crippen molar-refractivity contribution in [1.82, 2.24) is 10.2 Å². The van der Waals surface area contributed by atoms with Crippen molar-refractivity contribution in [2.24, 2.45) is 0 Å². The molecule has 1 saturated carbocycles. The average Bonchev–Trinajstić information content (AvgIpc) is 3.29. The monoisotopic (exact) mass is 342 g/mol. The molecule has 0 radical (unpaired) electrons. The zero-order valence-electron chi connectivity index (χ0n) is 14.7. The summed E-state index contributed by atoms with van der Waals surface area (Å²) < 4.78 is 5.61. The predicted octanol–water partition coefficient (Wildman–Crippen LogP) is 2.62. The zero-order chi connectivity index (χ0) is 17.6. The van der Waals surface area contributed by atoms with Crippen LogP contribution in [0.1, 0.15) is 48.5 Å². The highest BCUT2D eigenvalue weighted by Crippen LogP contribution is 2.19. The highest BCUT2D eigenvalue weighted by atomic mass is 16.5. The number of ether oxygens (including phenoxy) is 1. The first kappa shape index (κ1) is 17.7. The first-order valence-corrected chi connectivity index (χ1v) is 9.15. The number of rotatable bonds is 7. The van der Waals surface area contributed by atoms with Crippen LogP contribution < -0.4 is 5.32 Å². The number of benzene rings is 1. The summed E-state index contributed by atoms with van der Waals surface area (Å²) in [4.78, 5) is 26.1. The van der Waals surface area contributed by atoms with E-state index in [1.165, 1.54) is 0 Å². The molecule has 1 aromatic carbocycles. The van der Waals surface area contributed by atoms with Gasteiger partial charge in [0.05, 0.1) is 6.10 Å². The van der Waals surface area contributed by atoms with Gasteiger partial charge in [0, 0.05) is 37.4 Å². The molecule has 2 fully saturated rings. The summed E-state index contributed by atoms with van der Waals surface area (Å²) in [5.41, 5.74) is 1.56. The molecule has 134 valence electrons. The van der Waals surface area contributed by atoms with Gasteiger partial charge in [0.2, 0.25) is 5.91 Å². The minimum absolute atomic E-state index is 0.00597. The van der Waals surface area contributed by atoms with Crippen LogP contribution >= 0.6 is 0 Å². The topological polar surface area (TPSA) is 58.6 Å². The van der Waals surface area contributed by atoms with E-state index in [2.05, 4.69) is 5.32 Å². The van der Waals surface area contributed by atoms with Gasteiger partial charge in [0.1, 0.15) is 0 Å². The quantitative estimate of drug-likeness (QED) is 0.775. The molecule has 25 heavy (non-hydrogen) atoms. The number of nitrogens with one attached hydrogen (secondary N) is 1. The second-order valence-electron chi connectivity index (χ2n) is 6.71. The second kappa shape index (κ2) is 8.30. The second-order valence-corrected chi connectivity index (χ2v) is 6.71. The summed E-state index contributed by atoms with van der Waals surface area (Å²) in [6.45, 7) is 4.10. The fourth-order valence-corrected chi connectivity index (χ4v) is 2.92. The Hall–Kier alpha value is -2.14. The maximum Gasteiger partial charge on any atom is 0.251 e. The summed E-state index contributed by atoms with van der Waals surface area (Å²) in [5, 5.41) is 2.97. The van der Waals surface area contributed by atoms with E-state index in [0.29, 0.717) is 24.7 Å². The molecule has 0 aromatic heterocycles. The highest BCUT2D eigenvalue weighted by Gasteiger charge is 2.23. The van der Waals surface area contributed by atoms with Crippen LogP contribution in [0.4, 0.5) is 0 Å². The summed E-state index contributed by atoms with van der Waals surface area (Å²) in [5.74, 6) is -0.0311. The number of hydrogen-bond acceptors (Lipinski definition) is 3. The number of carbonyl (C=O) groups excluding carboxylic acids is 2. The SMILES string of the molecule is CCN(C[C@H]1CCCO1)C(=O)/C=C/c1ccc(C(=O)NC2CC2)cc1. The molecule has 1 aromatic rings. The van der Waals surface area contributed by atoms with Crippen molar-refractivity contribution in [3.63, 3.8) is 0 Å². The molecular weight excluding hydrogens is 316 g/mol. The van der Waals surface area contributed by atoms with Gasteiger partial charge in [-0.05, 0) is 56.4 Å². The third kappa shape index (κ3) is 5.16. The first-order chi connectivity index (χ1) is 12.2. The van der Waals surface area contributed by atoms with Crippen molar-refractivity contribution in [2.45, 2.75) is 44.8 Å². The fraction of sp³-hybridized carbons (Fsp3) is 0.500. The number of likely N-dealkylation sites (N-methyl/N-ethyl adjacent to an activating group) is 1. The molecule has 5 nitrogen and oxygen atoms in total. The van der Waals surface area contributed by atoms with Gasteiger partial charge in [-0.25, -0.2) is 0 Å². The minimum atomic E-state index is -0.0252. The van der Waals surface area contributed by atoms with Crippen LogP contribution in [-0.4, -0.2) is 48.6 Å².